The van der Waals surface area contributed by atoms with Gasteiger partial charge in [-0.15, -0.1) is 0 Å². The molecule has 1 N–H and O–H groups in total. The van der Waals surface area contributed by atoms with Crippen molar-refractivity contribution >= 4 is 23.4 Å². The Bertz CT molecular complexity index is 328. The molecule has 0 aliphatic heterocycles. The highest BCUT2D eigenvalue weighted by Gasteiger charge is 2.02. The fourth-order valence-electron chi connectivity index (χ4n) is 1.51. The molecule has 0 fully saturated rings. The van der Waals surface area contributed by atoms with Crippen molar-refractivity contribution in [3.8, 4) is 0 Å². The summed E-state index contributed by atoms with van der Waals surface area (Å²) in [6.07, 6.45) is 3.36. The summed E-state index contributed by atoms with van der Waals surface area (Å²) in [5, 5.41) is 4.37. The van der Waals surface area contributed by atoms with Crippen molar-refractivity contribution in [2.45, 2.75) is 32.9 Å². The molecule has 1 nitrogen and oxygen atoms in total. The van der Waals surface area contributed by atoms with Gasteiger partial charge in [0.1, 0.15) is 0 Å². The number of hydrogen-bond donors (Lipinski definition) is 1. The van der Waals surface area contributed by atoms with Crippen molar-refractivity contribution in [2.75, 3.05) is 12.0 Å². The largest absolute Gasteiger partial charge is 0.310 e. The van der Waals surface area contributed by atoms with E-state index < -0.39 is 0 Å². The summed E-state index contributed by atoms with van der Waals surface area (Å²) in [6, 6.07) is 6.78. The predicted molar refractivity (Wildman–Crippen MR) is 75.5 cm³/mol. The van der Waals surface area contributed by atoms with Crippen LogP contribution in [0.5, 0.6) is 0 Å². The second-order valence-electron chi connectivity index (χ2n) is 4.15. The molecule has 3 heteroatoms. The van der Waals surface area contributed by atoms with Crippen molar-refractivity contribution in [3.63, 3.8) is 0 Å². The Labute approximate surface area is 108 Å². The Morgan fingerprint density at radius 2 is 2.19 bits per heavy atom. The van der Waals surface area contributed by atoms with E-state index in [1.165, 1.54) is 17.7 Å². The summed E-state index contributed by atoms with van der Waals surface area (Å²) < 4.78 is 0. The molecular formula is C13H20ClNS. The molecule has 1 aromatic rings. The SMILES string of the molecule is CSCCC(C)NCc1ccc(Cl)c(C)c1. The molecule has 1 aromatic carbocycles. The van der Waals surface area contributed by atoms with E-state index >= 15 is 0 Å². The summed E-state index contributed by atoms with van der Waals surface area (Å²) in [7, 11) is 0. The highest BCUT2D eigenvalue weighted by Crippen LogP contribution is 2.16. The Kier molecular flexibility index (Phi) is 6.25. The van der Waals surface area contributed by atoms with Crippen molar-refractivity contribution < 1.29 is 0 Å². The van der Waals surface area contributed by atoms with Crippen LogP contribution in [-0.4, -0.2) is 18.1 Å². The van der Waals surface area contributed by atoms with Gasteiger partial charge in [0.05, 0.1) is 0 Å². The van der Waals surface area contributed by atoms with Gasteiger partial charge in [0.2, 0.25) is 0 Å². The van der Waals surface area contributed by atoms with Gasteiger partial charge in [0.15, 0.2) is 0 Å². The third-order valence-electron chi connectivity index (χ3n) is 2.63. The van der Waals surface area contributed by atoms with Crippen LogP contribution in [0.3, 0.4) is 0 Å². The van der Waals surface area contributed by atoms with Crippen molar-refractivity contribution in [2.24, 2.45) is 0 Å². The average Bonchev–Trinajstić information content (AvgIpc) is 2.28. The van der Waals surface area contributed by atoms with Crippen LogP contribution >= 0.6 is 23.4 Å². The molecule has 0 saturated heterocycles. The van der Waals surface area contributed by atoms with Gasteiger partial charge >= 0.3 is 0 Å². The van der Waals surface area contributed by atoms with Gasteiger partial charge in [-0.05, 0) is 49.5 Å². The summed E-state index contributed by atoms with van der Waals surface area (Å²) in [6.45, 7) is 5.20. The Morgan fingerprint density at radius 3 is 2.81 bits per heavy atom. The van der Waals surface area contributed by atoms with Crippen LogP contribution in [0, 0.1) is 6.92 Å². The minimum absolute atomic E-state index is 0.573. The van der Waals surface area contributed by atoms with Crippen LogP contribution < -0.4 is 5.32 Å². The number of nitrogens with one attached hydrogen (secondary N) is 1. The molecule has 0 spiro atoms. The summed E-state index contributed by atoms with van der Waals surface area (Å²) in [5.41, 5.74) is 2.45. The highest BCUT2D eigenvalue weighted by atomic mass is 35.5. The van der Waals surface area contributed by atoms with E-state index in [0.29, 0.717) is 6.04 Å². The molecule has 16 heavy (non-hydrogen) atoms. The molecule has 0 aliphatic carbocycles. The van der Waals surface area contributed by atoms with Crippen molar-refractivity contribution in [1.82, 2.24) is 5.32 Å². The van der Waals surface area contributed by atoms with Gasteiger partial charge in [0, 0.05) is 17.6 Å². The second kappa shape index (κ2) is 7.21. The van der Waals surface area contributed by atoms with Crippen LogP contribution in [-0.2, 0) is 6.54 Å². The lowest BCUT2D eigenvalue weighted by atomic mass is 10.1. The molecule has 0 aromatic heterocycles. The lowest BCUT2D eigenvalue weighted by molar-refractivity contribution is 0.537. The van der Waals surface area contributed by atoms with Crippen LogP contribution in [0.1, 0.15) is 24.5 Å². The van der Waals surface area contributed by atoms with Gasteiger partial charge in [-0.25, -0.2) is 0 Å². The number of aryl methyl sites for hydroxylation is 1. The number of rotatable bonds is 6. The molecule has 0 amide bonds. The summed E-state index contributed by atoms with van der Waals surface area (Å²) in [5.74, 6) is 1.22. The number of benzene rings is 1. The zero-order chi connectivity index (χ0) is 12.0. The predicted octanol–water partition coefficient (Wildman–Crippen LogP) is 3.88. The molecule has 1 atom stereocenters. The normalized spacial score (nSPS) is 12.8. The van der Waals surface area contributed by atoms with Crippen LogP contribution in [0.15, 0.2) is 18.2 Å². The first-order valence-corrected chi connectivity index (χ1v) is 7.38. The fourth-order valence-corrected chi connectivity index (χ4v) is 2.21. The number of thioether (sulfide) groups is 1. The molecule has 1 unspecified atom stereocenters. The molecule has 0 bridgehead atoms. The van der Waals surface area contributed by atoms with E-state index in [4.69, 9.17) is 11.6 Å². The zero-order valence-corrected chi connectivity index (χ0v) is 11.8. The maximum Gasteiger partial charge on any atom is 0.0435 e. The third-order valence-corrected chi connectivity index (χ3v) is 3.70. The van der Waals surface area contributed by atoms with E-state index in [2.05, 4.69) is 30.6 Å². The summed E-state index contributed by atoms with van der Waals surface area (Å²) >= 11 is 7.89. The van der Waals surface area contributed by atoms with Gasteiger partial charge in [-0.3, -0.25) is 0 Å². The molecule has 90 valence electrons. The lowest BCUT2D eigenvalue weighted by Gasteiger charge is -2.13. The van der Waals surface area contributed by atoms with E-state index in [9.17, 15) is 0 Å². The maximum absolute atomic E-state index is 5.99. The number of halogens is 1. The second-order valence-corrected chi connectivity index (χ2v) is 5.54. The quantitative estimate of drug-likeness (QED) is 0.830. The van der Waals surface area contributed by atoms with Gasteiger partial charge < -0.3 is 5.32 Å². The zero-order valence-electron chi connectivity index (χ0n) is 10.2. The molecule has 0 radical (unpaired) electrons. The minimum Gasteiger partial charge on any atom is -0.310 e. The van der Waals surface area contributed by atoms with E-state index in [0.717, 1.165) is 17.1 Å². The summed E-state index contributed by atoms with van der Waals surface area (Å²) in [4.78, 5) is 0. The first-order chi connectivity index (χ1) is 7.63. The van der Waals surface area contributed by atoms with Crippen LogP contribution in [0.2, 0.25) is 5.02 Å². The Balaban J connectivity index is 2.39. The van der Waals surface area contributed by atoms with Crippen LogP contribution in [0.4, 0.5) is 0 Å². The molecule has 0 saturated carbocycles. The standard InChI is InChI=1S/C13H20ClNS/c1-10-8-12(4-5-13(10)14)9-15-11(2)6-7-16-3/h4-5,8,11,15H,6-7,9H2,1-3H3. The molecule has 0 aliphatic rings. The fraction of sp³-hybridized carbons (Fsp3) is 0.538. The topological polar surface area (TPSA) is 12.0 Å². The Morgan fingerprint density at radius 1 is 1.44 bits per heavy atom. The van der Waals surface area contributed by atoms with Gasteiger partial charge in [0.25, 0.3) is 0 Å². The van der Waals surface area contributed by atoms with Crippen molar-refractivity contribution in [3.05, 3.63) is 34.3 Å². The monoisotopic (exact) mass is 257 g/mol. The first-order valence-electron chi connectivity index (χ1n) is 5.61. The smallest absolute Gasteiger partial charge is 0.0435 e. The first kappa shape index (κ1) is 13.9. The molecule has 0 heterocycles. The molecular weight excluding hydrogens is 238 g/mol. The molecule has 1 rings (SSSR count). The number of hydrogen-bond acceptors (Lipinski definition) is 2. The Hall–Kier alpha value is -0.180. The van der Waals surface area contributed by atoms with E-state index in [1.54, 1.807) is 0 Å². The lowest BCUT2D eigenvalue weighted by Crippen LogP contribution is -2.25. The van der Waals surface area contributed by atoms with Crippen molar-refractivity contribution in [1.29, 1.82) is 0 Å². The van der Waals surface area contributed by atoms with Gasteiger partial charge in [-0.1, -0.05) is 23.7 Å². The maximum atomic E-state index is 5.99. The van der Waals surface area contributed by atoms with E-state index in [1.807, 2.05) is 24.8 Å². The van der Waals surface area contributed by atoms with Crippen LogP contribution in [0.25, 0.3) is 0 Å². The van der Waals surface area contributed by atoms with E-state index in [-0.39, 0.29) is 0 Å². The minimum atomic E-state index is 0.573. The third kappa shape index (κ3) is 4.77. The highest BCUT2D eigenvalue weighted by molar-refractivity contribution is 7.98. The van der Waals surface area contributed by atoms with Gasteiger partial charge in [-0.2, -0.15) is 11.8 Å². The average molecular weight is 258 g/mol.